The first-order chi connectivity index (χ1) is 8.29. The van der Waals surface area contributed by atoms with Gasteiger partial charge in [0, 0.05) is 12.7 Å². The molecule has 3 N–H and O–H groups in total. The van der Waals surface area contributed by atoms with Crippen molar-refractivity contribution in [3.05, 3.63) is 18.3 Å². The normalized spacial score (nSPS) is 11.1. The fraction of sp³-hybridized carbons (Fsp3) is 0.200. The summed E-state index contributed by atoms with van der Waals surface area (Å²) in [5.41, 5.74) is 7.16. The van der Waals surface area contributed by atoms with E-state index in [1.165, 1.54) is 0 Å². The topological polar surface area (TPSA) is 98.3 Å². The number of H-pyrrole nitrogens is 1. The summed E-state index contributed by atoms with van der Waals surface area (Å²) in [4.78, 5) is 12.9. The van der Waals surface area contributed by atoms with Crippen LogP contribution in [-0.2, 0) is 6.54 Å². The van der Waals surface area contributed by atoms with E-state index in [2.05, 4.69) is 25.1 Å². The number of hydrogen-bond donors (Lipinski definition) is 2. The lowest BCUT2D eigenvalue weighted by Crippen LogP contribution is -1.99. The number of nitrogen functional groups attached to an aromatic ring is 1. The minimum absolute atomic E-state index is 0.211. The summed E-state index contributed by atoms with van der Waals surface area (Å²) in [5, 5.41) is 6.57. The average molecular weight is 229 g/mol. The monoisotopic (exact) mass is 229 g/mol. The largest absolute Gasteiger partial charge is 0.366 e. The predicted octanol–water partition coefficient (Wildman–Crippen LogP) is 0.818. The molecule has 0 unspecified atom stereocenters. The molecule has 0 saturated carbocycles. The molecule has 0 atom stereocenters. The van der Waals surface area contributed by atoms with Gasteiger partial charge in [0.25, 0.3) is 0 Å². The van der Waals surface area contributed by atoms with E-state index < -0.39 is 0 Å². The fourth-order valence-corrected chi connectivity index (χ4v) is 1.81. The van der Waals surface area contributed by atoms with Gasteiger partial charge in [-0.15, -0.1) is 5.10 Å². The van der Waals surface area contributed by atoms with Gasteiger partial charge in [-0.25, -0.2) is 9.97 Å². The number of aromatic amines is 1. The Balaban J connectivity index is 2.29. The van der Waals surface area contributed by atoms with Crippen LogP contribution in [0.15, 0.2) is 18.3 Å². The predicted molar refractivity (Wildman–Crippen MR) is 63.0 cm³/mol. The summed E-state index contributed by atoms with van der Waals surface area (Å²) >= 11 is 0. The number of nitrogens with zero attached hydrogens (tertiary/aromatic N) is 5. The van der Waals surface area contributed by atoms with E-state index in [4.69, 9.17) is 5.73 Å². The van der Waals surface area contributed by atoms with Gasteiger partial charge in [0.05, 0.1) is 0 Å². The third-order valence-corrected chi connectivity index (χ3v) is 2.53. The molecule has 17 heavy (non-hydrogen) atoms. The van der Waals surface area contributed by atoms with Gasteiger partial charge < -0.3 is 10.3 Å². The molecule has 3 aromatic rings. The minimum atomic E-state index is 0.211. The Kier molecular flexibility index (Phi) is 2.04. The second kappa shape index (κ2) is 3.55. The van der Waals surface area contributed by atoms with Crippen LogP contribution in [-0.4, -0.2) is 29.7 Å². The minimum Gasteiger partial charge on any atom is -0.366 e. The zero-order chi connectivity index (χ0) is 11.8. The lowest BCUT2D eigenvalue weighted by molar-refractivity contribution is 0.781. The Labute approximate surface area is 96.7 Å². The van der Waals surface area contributed by atoms with Crippen LogP contribution in [0.25, 0.3) is 22.8 Å². The number of hydrogen-bond acceptors (Lipinski definition) is 5. The highest BCUT2D eigenvalue weighted by molar-refractivity contribution is 5.75. The molecule has 0 aliphatic rings. The van der Waals surface area contributed by atoms with Crippen molar-refractivity contribution in [1.82, 2.24) is 29.7 Å². The van der Waals surface area contributed by atoms with Gasteiger partial charge in [-0.2, -0.15) is 4.98 Å². The fourth-order valence-electron chi connectivity index (χ4n) is 1.81. The molecule has 0 bridgehead atoms. The third-order valence-electron chi connectivity index (χ3n) is 2.53. The number of anilines is 1. The molecule has 3 aromatic heterocycles. The van der Waals surface area contributed by atoms with Crippen LogP contribution in [0.3, 0.4) is 0 Å². The highest BCUT2D eigenvalue weighted by Gasteiger charge is 2.14. The number of fused-ring (bicyclic) bond motifs is 1. The molecular weight excluding hydrogens is 218 g/mol. The summed E-state index contributed by atoms with van der Waals surface area (Å²) in [6.07, 6.45) is 1.74. The van der Waals surface area contributed by atoms with E-state index in [0.717, 1.165) is 17.7 Å². The Bertz CT molecular complexity index is 666. The maximum absolute atomic E-state index is 5.50. The zero-order valence-electron chi connectivity index (χ0n) is 9.25. The van der Waals surface area contributed by atoms with E-state index in [9.17, 15) is 0 Å². The van der Waals surface area contributed by atoms with Crippen molar-refractivity contribution < 1.29 is 0 Å². The first kappa shape index (κ1) is 9.76. The van der Waals surface area contributed by atoms with Gasteiger partial charge in [-0.1, -0.05) is 0 Å². The molecule has 0 saturated heterocycles. The third kappa shape index (κ3) is 1.43. The lowest BCUT2D eigenvalue weighted by Gasteiger charge is -2.01. The van der Waals surface area contributed by atoms with Crippen molar-refractivity contribution in [2.75, 3.05) is 5.73 Å². The van der Waals surface area contributed by atoms with E-state index in [1.807, 2.05) is 23.6 Å². The Morgan fingerprint density at radius 2 is 2.29 bits per heavy atom. The van der Waals surface area contributed by atoms with E-state index >= 15 is 0 Å². The van der Waals surface area contributed by atoms with Crippen molar-refractivity contribution in [3.8, 4) is 11.6 Å². The van der Waals surface area contributed by atoms with Gasteiger partial charge in [-0.3, -0.25) is 5.10 Å². The summed E-state index contributed by atoms with van der Waals surface area (Å²) < 4.78 is 1.97. The van der Waals surface area contributed by atoms with Gasteiger partial charge in [-0.05, 0) is 19.1 Å². The summed E-state index contributed by atoms with van der Waals surface area (Å²) in [7, 11) is 0. The molecule has 0 spiro atoms. The van der Waals surface area contributed by atoms with Crippen LogP contribution < -0.4 is 5.73 Å². The number of rotatable bonds is 2. The van der Waals surface area contributed by atoms with Crippen molar-refractivity contribution in [2.45, 2.75) is 13.5 Å². The molecule has 3 heterocycles. The Hall–Kier alpha value is -2.44. The van der Waals surface area contributed by atoms with E-state index in [0.29, 0.717) is 11.6 Å². The maximum atomic E-state index is 5.50. The van der Waals surface area contributed by atoms with Crippen LogP contribution >= 0.6 is 0 Å². The second-order valence-electron chi connectivity index (χ2n) is 3.57. The van der Waals surface area contributed by atoms with E-state index in [-0.39, 0.29) is 5.95 Å². The molecule has 7 nitrogen and oxygen atoms in total. The maximum Gasteiger partial charge on any atom is 0.239 e. The summed E-state index contributed by atoms with van der Waals surface area (Å²) in [5.74, 6) is 1.47. The number of aryl methyl sites for hydroxylation is 1. The number of aromatic nitrogens is 6. The standard InChI is InChI=1S/C10H11N7/c1-2-17-8-6(4-3-5-12-8)13-9(17)7-14-10(11)16-15-7/h3-5H,2H2,1H3,(H3,11,14,15,16). The first-order valence-corrected chi connectivity index (χ1v) is 5.29. The lowest BCUT2D eigenvalue weighted by atomic mass is 10.4. The highest BCUT2D eigenvalue weighted by Crippen LogP contribution is 2.20. The number of nitrogens with two attached hydrogens (primary N) is 1. The molecule has 3 rings (SSSR count). The molecule has 0 aromatic carbocycles. The number of pyridine rings is 1. The van der Waals surface area contributed by atoms with Gasteiger partial charge in [0.15, 0.2) is 17.3 Å². The van der Waals surface area contributed by atoms with Crippen molar-refractivity contribution in [2.24, 2.45) is 0 Å². The van der Waals surface area contributed by atoms with Gasteiger partial charge in [0.2, 0.25) is 5.95 Å². The first-order valence-electron chi connectivity index (χ1n) is 5.29. The van der Waals surface area contributed by atoms with Crippen molar-refractivity contribution >= 4 is 17.1 Å². The summed E-state index contributed by atoms with van der Waals surface area (Å²) in [6.45, 7) is 2.78. The molecule has 0 aliphatic heterocycles. The zero-order valence-corrected chi connectivity index (χ0v) is 9.25. The van der Waals surface area contributed by atoms with Crippen LogP contribution in [0.5, 0.6) is 0 Å². The SMILES string of the molecule is CCn1c(-c2nc(N)n[nH]2)nc2cccnc21. The molecule has 0 radical (unpaired) electrons. The molecule has 86 valence electrons. The van der Waals surface area contributed by atoms with Crippen LogP contribution in [0.2, 0.25) is 0 Å². The summed E-state index contributed by atoms with van der Waals surface area (Å²) in [6, 6.07) is 3.77. The molecule has 0 fully saturated rings. The van der Waals surface area contributed by atoms with Crippen LogP contribution in [0, 0.1) is 0 Å². The molecular formula is C10H11N7. The Morgan fingerprint density at radius 1 is 1.41 bits per heavy atom. The van der Waals surface area contributed by atoms with Gasteiger partial charge >= 0.3 is 0 Å². The van der Waals surface area contributed by atoms with E-state index in [1.54, 1.807) is 6.20 Å². The highest BCUT2D eigenvalue weighted by atomic mass is 15.3. The van der Waals surface area contributed by atoms with Crippen LogP contribution in [0.4, 0.5) is 5.95 Å². The number of nitrogens with one attached hydrogen (secondary N) is 1. The average Bonchev–Trinajstić information content (AvgIpc) is 2.91. The molecule has 7 heteroatoms. The molecule has 0 aliphatic carbocycles. The Morgan fingerprint density at radius 3 is 3.00 bits per heavy atom. The number of imidazole rings is 1. The van der Waals surface area contributed by atoms with Crippen molar-refractivity contribution in [3.63, 3.8) is 0 Å². The van der Waals surface area contributed by atoms with Gasteiger partial charge in [0.1, 0.15) is 5.52 Å². The molecule has 0 amide bonds. The second-order valence-corrected chi connectivity index (χ2v) is 3.57. The van der Waals surface area contributed by atoms with Crippen LogP contribution in [0.1, 0.15) is 6.92 Å². The quantitative estimate of drug-likeness (QED) is 0.677. The van der Waals surface area contributed by atoms with Crippen molar-refractivity contribution in [1.29, 1.82) is 0 Å². The smallest absolute Gasteiger partial charge is 0.239 e.